The van der Waals surface area contributed by atoms with Gasteiger partial charge in [0.1, 0.15) is 22.9 Å². The predicted octanol–water partition coefficient (Wildman–Crippen LogP) is 10.2. The van der Waals surface area contributed by atoms with Crippen LogP contribution in [-0.4, -0.2) is 80.8 Å². The summed E-state index contributed by atoms with van der Waals surface area (Å²) in [6.45, 7) is 1.20. The summed E-state index contributed by atoms with van der Waals surface area (Å²) in [7, 11) is 2.86. The zero-order valence-electron chi connectivity index (χ0n) is 36.7. The van der Waals surface area contributed by atoms with Gasteiger partial charge in [-0.25, -0.2) is 14.2 Å². The summed E-state index contributed by atoms with van der Waals surface area (Å²) >= 11 is 6.74. The minimum atomic E-state index is -4.83. The molecule has 0 aliphatic carbocycles. The molecule has 2 N–H and O–H groups in total. The number of ether oxygens (including phenoxy) is 3. The van der Waals surface area contributed by atoms with Gasteiger partial charge in [-0.1, -0.05) is 42.3 Å². The lowest BCUT2D eigenvalue weighted by atomic mass is 10.1. The van der Waals surface area contributed by atoms with Crippen molar-refractivity contribution in [3.05, 3.63) is 130 Å². The minimum Gasteiger partial charge on any atom is -0.461 e. The first-order valence-corrected chi connectivity index (χ1v) is 21.8. The lowest BCUT2D eigenvalue weighted by molar-refractivity contribution is -0.275. The number of aryl methyl sites for hydroxylation is 2. The van der Waals surface area contributed by atoms with Crippen molar-refractivity contribution in [3.63, 3.8) is 0 Å². The van der Waals surface area contributed by atoms with Crippen molar-refractivity contribution in [2.45, 2.75) is 31.5 Å². The van der Waals surface area contributed by atoms with Crippen molar-refractivity contribution < 1.29 is 67.7 Å². The lowest BCUT2D eigenvalue weighted by Crippen LogP contribution is -2.33. The van der Waals surface area contributed by atoms with E-state index in [2.05, 4.69) is 76.9 Å². The van der Waals surface area contributed by atoms with Crippen LogP contribution in [0, 0.1) is 0 Å². The number of primary amides is 1. The molecule has 28 heteroatoms. The molecule has 0 unspecified atom stereocenters. The highest BCUT2D eigenvalue weighted by Gasteiger charge is 2.46. The Bertz CT molecular complexity index is 3260. The van der Waals surface area contributed by atoms with Gasteiger partial charge >= 0.3 is 30.5 Å². The Hall–Kier alpha value is -7.62. The quantitative estimate of drug-likeness (QED) is 0.0856. The van der Waals surface area contributed by atoms with Gasteiger partial charge in [0.05, 0.1) is 53.2 Å². The molecule has 8 rings (SSSR count). The van der Waals surface area contributed by atoms with E-state index >= 15 is 0 Å². The second-order valence-corrected chi connectivity index (χ2v) is 16.7. The second-order valence-electron chi connectivity index (χ2n) is 14.8. The molecule has 72 heavy (non-hydrogen) atoms. The van der Waals surface area contributed by atoms with E-state index in [1.54, 1.807) is 36.4 Å². The van der Waals surface area contributed by atoms with Crippen LogP contribution in [-0.2, 0) is 40.3 Å². The molecule has 8 aromatic rings. The van der Waals surface area contributed by atoms with Gasteiger partial charge in [0.2, 0.25) is 0 Å². The van der Waals surface area contributed by atoms with Crippen LogP contribution in [0.4, 0.5) is 43.9 Å². The molecule has 0 saturated carbocycles. The van der Waals surface area contributed by atoms with Gasteiger partial charge in [-0.3, -0.25) is 14.2 Å². The Kier molecular flexibility index (Phi) is 14.7. The smallest absolute Gasteiger partial charge is 0.461 e. The Labute approximate surface area is 415 Å². The normalized spacial score (nSPS) is 12.0. The third-order valence-corrected chi connectivity index (χ3v) is 11.0. The number of benzene rings is 4. The molecule has 4 heterocycles. The number of alkyl halides is 10. The minimum absolute atomic E-state index is 0.219. The van der Waals surface area contributed by atoms with Crippen molar-refractivity contribution in [2.24, 2.45) is 19.8 Å². The Morgan fingerprint density at radius 2 is 0.958 bits per heavy atom. The number of nitrogens with two attached hydrogens (primary N) is 1. The van der Waals surface area contributed by atoms with E-state index in [0.717, 1.165) is 36.4 Å². The van der Waals surface area contributed by atoms with Gasteiger partial charge in [0.25, 0.3) is 5.91 Å². The largest absolute Gasteiger partial charge is 0.573 e. The van der Waals surface area contributed by atoms with Gasteiger partial charge < -0.3 is 19.9 Å². The summed E-state index contributed by atoms with van der Waals surface area (Å²) < 4.78 is 151. The predicted molar refractivity (Wildman–Crippen MR) is 240 cm³/mol. The van der Waals surface area contributed by atoms with E-state index in [1.807, 2.05) is 0 Å². The maximum Gasteiger partial charge on any atom is 0.573 e. The van der Waals surface area contributed by atoms with E-state index in [1.165, 1.54) is 76.4 Å². The number of hydrogen-bond donors (Lipinski definition) is 1. The summed E-state index contributed by atoms with van der Waals surface area (Å²) in [5.41, 5.74) is 6.97. The highest BCUT2D eigenvalue weighted by Crippen LogP contribution is 2.38. The number of nitrogens with zero attached hydrogens (tertiary/aromatic N) is 10. The molecule has 0 atom stereocenters. The third kappa shape index (κ3) is 11.4. The van der Waals surface area contributed by atoms with Crippen molar-refractivity contribution in [1.82, 2.24) is 49.5 Å². The standard InChI is InChI=1S/C23H17BrF5N5O3.C21H14BrF5N6O2/c1-3-36-21(35)22(25,26)20-11-17(33(2)31-20)16-9-6-14(24)10-18(16)34-19(12-30-32-34)13-4-7-15(8-5-13)37-23(27,28)29;1-32-15(9-18(30-32)20(23,24)19(28)34)14-7-4-12(22)8-16(14)33-17(10-29-31-33)11-2-5-13(6-3-11)35-21(25,26)27/h4-12H,3H2,1-2H3;2-10H,1H3,(H2,28,34). The van der Waals surface area contributed by atoms with E-state index < -0.39 is 59.3 Å². The van der Waals surface area contributed by atoms with Crippen LogP contribution >= 0.6 is 31.9 Å². The molecule has 0 radical (unpaired) electrons. The Balaban J connectivity index is 0.000000212. The van der Waals surface area contributed by atoms with Crippen molar-refractivity contribution in [2.75, 3.05) is 6.61 Å². The Morgan fingerprint density at radius 3 is 1.32 bits per heavy atom. The zero-order chi connectivity index (χ0) is 52.5. The molecule has 16 nitrogen and oxygen atoms in total. The highest BCUT2D eigenvalue weighted by atomic mass is 79.9. The van der Waals surface area contributed by atoms with Crippen molar-refractivity contribution in [1.29, 1.82) is 0 Å². The van der Waals surface area contributed by atoms with Crippen LogP contribution in [0.15, 0.2) is 118 Å². The SMILES string of the molecule is CCOC(=O)C(F)(F)c1cc(-c2ccc(Br)cc2-n2nncc2-c2ccc(OC(F)(F)F)cc2)n(C)n1.Cn1nc(C(F)(F)C(N)=O)cc1-c1ccc(Br)cc1-n1nncc1-c1ccc(OC(F)(F)F)cc1. The summed E-state index contributed by atoms with van der Waals surface area (Å²) in [6.07, 6.45) is -6.88. The van der Waals surface area contributed by atoms with Gasteiger partial charge in [-0.15, -0.1) is 36.5 Å². The van der Waals surface area contributed by atoms with Crippen molar-refractivity contribution in [3.8, 4) is 67.9 Å². The van der Waals surface area contributed by atoms with Crippen LogP contribution in [0.3, 0.4) is 0 Å². The van der Waals surface area contributed by atoms with Gasteiger partial charge in [0.15, 0.2) is 0 Å². The fraction of sp³-hybridized carbons (Fsp3) is 0.182. The molecular formula is C44H31Br2F10N11O5. The average Bonchev–Trinajstić information content (AvgIpc) is 4.14. The van der Waals surface area contributed by atoms with Crippen LogP contribution in [0.5, 0.6) is 11.5 Å². The molecular weight excluding hydrogens is 1110 g/mol. The summed E-state index contributed by atoms with van der Waals surface area (Å²) in [5, 5.41) is 23.5. The summed E-state index contributed by atoms with van der Waals surface area (Å²) in [4.78, 5) is 23.0. The van der Waals surface area contributed by atoms with Gasteiger partial charge in [-0.05, 0) is 104 Å². The highest BCUT2D eigenvalue weighted by molar-refractivity contribution is 9.10. The molecule has 4 aromatic carbocycles. The maximum absolute atomic E-state index is 14.6. The molecule has 1 amide bonds. The first kappa shape index (κ1) is 52.2. The van der Waals surface area contributed by atoms with Gasteiger partial charge in [-0.2, -0.15) is 27.8 Å². The monoisotopic (exact) mass is 1140 g/mol. The number of carbonyl (C=O) groups excluding carboxylic acids is 2. The number of amides is 1. The number of esters is 1. The van der Waals surface area contributed by atoms with Crippen molar-refractivity contribution >= 4 is 43.7 Å². The second kappa shape index (κ2) is 20.2. The fourth-order valence-electron chi connectivity index (χ4n) is 6.87. The van der Waals surface area contributed by atoms with Crippen LogP contribution in [0.25, 0.3) is 56.4 Å². The summed E-state index contributed by atoms with van der Waals surface area (Å²) in [6, 6.07) is 22.2. The number of rotatable bonds is 13. The topological polar surface area (TPSA) is 185 Å². The number of carbonyl (C=O) groups is 2. The Morgan fingerprint density at radius 1 is 0.569 bits per heavy atom. The van der Waals surface area contributed by atoms with Crippen LogP contribution < -0.4 is 15.2 Å². The number of halogens is 12. The maximum atomic E-state index is 14.6. The molecule has 0 fully saturated rings. The molecule has 0 bridgehead atoms. The molecule has 0 aliphatic heterocycles. The average molecular weight is 1140 g/mol. The third-order valence-electron chi connectivity index (χ3n) is 10.0. The molecule has 376 valence electrons. The molecule has 0 spiro atoms. The molecule has 0 saturated heterocycles. The van der Waals surface area contributed by atoms with Crippen LogP contribution in [0.2, 0.25) is 0 Å². The zero-order valence-corrected chi connectivity index (χ0v) is 39.9. The fourth-order valence-corrected chi connectivity index (χ4v) is 7.56. The number of hydrogen-bond acceptors (Lipinski definition) is 11. The molecule has 0 aliphatic rings. The van der Waals surface area contributed by atoms with E-state index in [4.69, 9.17) is 5.73 Å². The first-order chi connectivity index (χ1) is 33.8. The van der Waals surface area contributed by atoms with E-state index in [9.17, 15) is 53.5 Å². The van der Waals surface area contributed by atoms with Gasteiger partial charge in [0, 0.05) is 45.3 Å². The summed E-state index contributed by atoms with van der Waals surface area (Å²) in [5.74, 6) is -12.3. The number of aromatic nitrogens is 10. The first-order valence-electron chi connectivity index (χ1n) is 20.2. The van der Waals surface area contributed by atoms with E-state index in [-0.39, 0.29) is 18.0 Å². The van der Waals surface area contributed by atoms with E-state index in [0.29, 0.717) is 54.0 Å². The lowest BCUT2D eigenvalue weighted by Gasteiger charge is -2.13. The van der Waals surface area contributed by atoms with Crippen LogP contribution in [0.1, 0.15) is 18.3 Å². The molecule has 4 aromatic heterocycles.